The third-order valence-electron chi connectivity index (χ3n) is 2.95. The van der Waals surface area contributed by atoms with Gasteiger partial charge in [-0.15, -0.1) is 11.3 Å². The van der Waals surface area contributed by atoms with Crippen LogP contribution in [0.4, 0.5) is 0 Å². The number of nitrogens with one attached hydrogen (secondary N) is 2. The lowest BCUT2D eigenvalue weighted by Gasteiger charge is -2.09. The van der Waals surface area contributed by atoms with Crippen LogP contribution in [0.15, 0.2) is 42.2 Å². The predicted molar refractivity (Wildman–Crippen MR) is 79.2 cm³/mol. The fourth-order valence-electron chi connectivity index (χ4n) is 1.86. The average Bonchev–Trinajstić information content (AvgIpc) is 3.17. The minimum absolute atomic E-state index is 0.171. The zero-order valence-corrected chi connectivity index (χ0v) is 11.9. The Kier molecular flexibility index (Phi) is 3.85. The molecule has 0 bridgehead atoms. The van der Waals surface area contributed by atoms with Crippen LogP contribution in [0.5, 0.6) is 0 Å². The Morgan fingerprint density at radius 3 is 3.00 bits per heavy atom. The van der Waals surface area contributed by atoms with Gasteiger partial charge in [-0.05, 0) is 19.1 Å². The van der Waals surface area contributed by atoms with Crippen molar-refractivity contribution >= 4 is 11.3 Å². The first-order chi connectivity index (χ1) is 9.83. The number of imidazole rings is 1. The topological polar surface area (TPSA) is 66.5 Å². The summed E-state index contributed by atoms with van der Waals surface area (Å²) in [5.41, 5.74) is 1.94. The van der Waals surface area contributed by atoms with Crippen molar-refractivity contribution in [2.75, 3.05) is 0 Å². The van der Waals surface area contributed by atoms with Gasteiger partial charge < -0.3 is 10.3 Å². The third-order valence-corrected chi connectivity index (χ3v) is 3.87. The largest absolute Gasteiger partial charge is 0.347 e. The van der Waals surface area contributed by atoms with Gasteiger partial charge in [0.05, 0.1) is 17.4 Å². The zero-order chi connectivity index (χ0) is 13.8. The van der Waals surface area contributed by atoms with Crippen LogP contribution in [0.1, 0.15) is 24.5 Å². The first-order valence-electron chi connectivity index (χ1n) is 6.41. The molecular weight excluding hydrogens is 270 g/mol. The first-order valence-corrected chi connectivity index (χ1v) is 7.29. The van der Waals surface area contributed by atoms with E-state index in [9.17, 15) is 0 Å². The van der Waals surface area contributed by atoms with Crippen LogP contribution in [0.2, 0.25) is 0 Å². The maximum atomic E-state index is 4.60. The highest BCUT2D eigenvalue weighted by Crippen LogP contribution is 2.21. The number of hydrogen-bond donors (Lipinski definition) is 2. The fraction of sp³-hybridized carbons (Fsp3) is 0.214. The summed E-state index contributed by atoms with van der Waals surface area (Å²) in [7, 11) is 0. The van der Waals surface area contributed by atoms with E-state index in [1.165, 1.54) is 0 Å². The highest BCUT2D eigenvalue weighted by Gasteiger charge is 2.09. The van der Waals surface area contributed by atoms with Gasteiger partial charge in [0.15, 0.2) is 0 Å². The highest BCUT2D eigenvalue weighted by molar-refractivity contribution is 7.13. The summed E-state index contributed by atoms with van der Waals surface area (Å²) in [6.07, 6.45) is 5.37. The van der Waals surface area contributed by atoms with E-state index in [4.69, 9.17) is 0 Å². The van der Waals surface area contributed by atoms with Gasteiger partial charge in [0.2, 0.25) is 0 Å². The SMILES string of the molecule is CC(NCc1csc(-c2ccccn2)n1)c1ncc[nH]1. The Hall–Kier alpha value is -2.05. The van der Waals surface area contributed by atoms with Gasteiger partial charge in [-0.1, -0.05) is 6.07 Å². The van der Waals surface area contributed by atoms with Crippen LogP contribution < -0.4 is 5.32 Å². The summed E-state index contributed by atoms with van der Waals surface area (Å²) >= 11 is 1.61. The number of nitrogens with zero attached hydrogens (tertiary/aromatic N) is 3. The molecule has 0 radical (unpaired) electrons. The molecule has 3 aromatic heterocycles. The van der Waals surface area contributed by atoms with E-state index in [1.54, 1.807) is 23.7 Å². The summed E-state index contributed by atoms with van der Waals surface area (Å²) in [5, 5.41) is 6.41. The van der Waals surface area contributed by atoms with Crippen LogP contribution in [-0.4, -0.2) is 19.9 Å². The summed E-state index contributed by atoms with van der Waals surface area (Å²) in [6.45, 7) is 2.79. The van der Waals surface area contributed by atoms with Crippen molar-refractivity contribution < 1.29 is 0 Å². The second-order valence-corrected chi connectivity index (χ2v) is 5.29. The molecule has 102 valence electrons. The van der Waals surface area contributed by atoms with E-state index in [-0.39, 0.29) is 6.04 Å². The molecule has 0 saturated heterocycles. The van der Waals surface area contributed by atoms with Crippen molar-refractivity contribution in [3.8, 4) is 10.7 Å². The fourth-order valence-corrected chi connectivity index (χ4v) is 2.66. The zero-order valence-electron chi connectivity index (χ0n) is 11.1. The number of hydrogen-bond acceptors (Lipinski definition) is 5. The van der Waals surface area contributed by atoms with Crippen LogP contribution in [-0.2, 0) is 6.54 Å². The lowest BCUT2D eigenvalue weighted by Crippen LogP contribution is -2.19. The Balaban J connectivity index is 1.63. The Labute approximate surface area is 121 Å². The minimum Gasteiger partial charge on any atom is -0.347 e. The maximum Gasteiger partial charge on any atom is 0.142 e. The van der Waals surface area contributed by atoms with Gasteiger partial charge in [0.1, 0.15) is 10.8 Å². The second-order valence-electron chi connectivity index (χ2n) is 4.44. The van der Waals surface area contributed by atoms with E-state index < -0.39 is 0 Å². The van der Waals surface area contributed by atoms with Gasteiger partial charge in [0, 0.05) is 30.5 Å². The van der Waals surface area contributed by atoms with Crippen molar-refractivity contribution in [2.24, 2.45) is 0 Å². The molecule has 0 saturated carbocycles. The van der Waals surface area contributed by atoms with Crippen LogP contribution in [0, 0.1) is 0 Å². The number of aromatic nitrogens is 4. The first kappa shape index (κ1) is 13.0. The van der Waals surface area contributed by atoms with Crippen LogP contribution in [0.25, 0.3) is 10.7 Å². The van der Waals surface area contributed by atoms with Crippen molar-refractivity contribution in [1.82, 2.24) is 25.3 Å². The molecule has 3 aromatic rings. The number of thiazole rings is 1. The molecule has 3 rings (SSSR count). The van der Waals surface area contributed by atoms with Crippen LogP contribution >= 0.6 is 11.3 Å². The smallest absolute Gasteiger partial charge is 0.142 e. The van der Waals surface area contributed by atoms with E-state index >= 15 is 0 Å². The second kappa shape index (κ2) is 5.94. The number of H-pyrrole nitrogens is 1. The summed E-state index contributed by atoms with van der Waals surface area (Å²) < 4.78 is 0. The quantitative estimate of drug-likeness (QED) is 0.756. The van der Waals surface area contributed by atoms with E-state index in [1.807, 2.05) is 24.4 Å². The van der Waals surface area contributed by atoms with E-state index in [2.05, 4.69) is 37.6 Å². The third kappa shape index (κ3) is 2.92. The Morgan fingerprint density at radius 1 is 1.30 bits per heavy atom. The molecule has 0 fully saturated rings. The lowest BCUT2D eigenvalue weighted by molar-refractivity contribution is 0.546. The monoisotopic (exact) mass is 285 g/mol. The summed E-state index contributed by atoms with van der Waals surface area (Å²) in [5.74, 6) is 0.935. The number of rotatable bonds is 5. The minimum atomic E-state index is 0.171. The summed E-state index contributed by atoms with van der Waals surface area (Å²) in [4.78, 5) is 16.2. The predicted octanol–water partition coefficient (Wildman–Crippen LogP) is 2.78. The number of pyridine rings is 1. The molecule has 2 N–H and O–H groups in total. The molecule has 5 nitrogen and oxygen atoms in total. The van der Waals surface area contributed by atoms with E-state index in [0.717, 1.165) is 22.2 Å². The normalized spacial score (nSPS) is 12.4. The molecule has 1 unspecified atom stereocenters. The molecule has 3 heterocycles. The molecule has 0 aliphatic rings. The average molecular weight is 285 g/mol. The molecule has 0 amide bonds. The van der Waals surface area contributed by atoms with Crippen molar-refractivity contribution in [1.29, 1.82) is 0 Å². The molecule has 0 aromatic carbocycles. The molecule has 0 aliphatic carbocycles. The molecule has 6 heteroatoms. The summed E-state index contributed by atoms with van der Waals surface area (Å²) in [6, 6.07) is 6.03. The molecule has 0 aliphatic heterocycles. The van der Waals surface area contributed by atoms with Crippen LogP contribution in [0.3, 0.4) is 0 Å². The lowest BCUT2D eigenvalue weighted by atomic mass is 10.3. The van der Waals surface area contributed by atoms with E-state index in [0.29, 0.717) is 6.54 Å². The van der Waals surface area contributed by atoms with Gasteiger partial charge in [-0.2, -0.15) is 0 Å². The highest BCUT2D eigenvalue weighted by atomic mass is 32.1. The molecule has 0 spiro atoms. The van der Waals surface area contributed by atoms with Gasteiger partial charge in [-0.25, -0.2) is 9.97 Å². The molecular formula is C14H15N5S. The van der Waals surface area contributed by atoms with Crippen molar-refractivity contribution in [2.45, 2.75) is 19.5 Å². The maximum absolute atomic E-state index is 4.60. The molecule has 20 heavy (non-hydrogen) atoms. The Morgan fingerprint density at radius 2 is 2.25 bits per heavy atom. The van der Waals surface area contributed by atoms with Crippen molar-refractivity contribution in [3.05, 3.63) is 53.7 Å². The standard InChI is InChI=1S/C14H15N5S/c1-10(13-16-6-7-17-13)18-8-11-9-20-14(19-11)12-4-2-3-5-15-12/h2-7,9-10,18H,8H2,1H3,(H,16,17). The van der Waals surface area contributed by atoms with Gasteiger partial charge in [-0.3, -0.25) is 4.98 Å². The molecule has 1 atom stereocenters. The van der Waals surface area contributed by atoms with Crippen molar-refractivity contribution in [3.63, 3.8) is 0 Å². The van der Waals surface area contributed by atoms with Gasteiger partial charge in [0.25, 0.3) is 0 Å². The van der Waals surface area contributed by atoms with Gasteiger partial charge >= 0.3 is 0 Å². The Bertz CT molecular complexity index is 647. The number of aromatic amines is 1.